The lowest BCUT2D eigenvalue weighted by molar-refractivity contribution is -0.116. The van der Waals surface area contributed by atoms with Gasteiger partial charge in [0.1, 0.15) is 23.4 Å². The van der Waals surface area contributed by atoms with Gasteiger partial charge in [0, 0.05) is 72.1 Å². The Hall–Kier alpha value is -6.60. The van der Waals surface area contributed by atoms with Gasteiger partial charge in [-0.1, -0.05) is 18.7 Å². The predicted octanol–water partition coefficient (Wildman–Crippen LogP) is 5.49. The Morgan fingerprint density at radius 1 is 1.11 bits per heavy atom. The Labute approximate surface area is 373 Å². The summed E-state index contributed by atoms with van der Waals surface area (Å²) in [6.07, 6.45) is 6.29. The second-order valence-corrected chi connectivity index (χ2v) is 17.8. The fourth-order valence-corrected chi connectivity index (χ4v) is 9.10. The number of amides is 1. The van der Waals surface area contributed by atoms with E-state index in [1.54, 1.807) is 61.9 Å². The van der Waals surface area contributed by atoms with Gasteiger partial charge in [-0.15, -0.1) is 5.10 Å². The zero-order valence-electron chi connectivity index (χ0n) is 35.9. The standard InChI is InChI=1S/C43H45B2F2N13O3S/c1-7-48-16-15-34(61)53-39-30-12-14-33(35(47)37(30)57(6)55-39)58-17-18-60(42(4,5)23-58)43(44,45)27-9-8-10-28(19-27)64(62)29-11-13-32(31(46)20-29)52-41-54-40-38(63-25(2)3)36(26-21-50-51-22-26)49-24-59(40)56-41/h7-14,19-22,24-25,48H,1,15-18,23H2,2-6H3,(H,50,51)(H,52,56)(H,53,55,61). The normalized spacial score (nSPS) is 14.8. The molecule has 1 atom stereocenters. The number of hydrogen-bond acceptors (Lipinski definition) is 12. The minimum atomic E-state index is -1.82. The fraction of sp³-hybridized carbons (Fsp3) is 0.302. The third kappa shape index (κ3) is 8.56. The monoisotopic (exact) mass is 883 g/mol. The van der Waals surface area contributed by atoms with Gasteiger partial charge in [-0.25, -0.2) is 18.0 Å². The van der Waals surface area contributed by atoms with Crippen LogP contribution in [0.15, 0.2) is 95.9 Å². The van der Waals surface area contributed by atoms with Crippen LogP contribution in [-0.2, 0) is 28.0 Å². The highest BCUT2D eigenvalue weighted by molar-refractivity contribution is 7.85. The van der Waals surface area contributed by atoms with Crippen LogP contribution in [0.4, 0.5) is 31.9 Å². The van der Waals surface area contributed by atoms with Gasteiger partial charge < -0.3 is 30.5 Å². The molecule has 5 heterocycles. The van der Waals surface area contributed by atoms with E-state index < -0.39 is 33.3 Å². The molecular weight excluding hydrogens is 838 g/mol. The summed E-state index contributed by atoms with van der Waals surface area (Å²) in [4.78, 5) is 26.0. The van der Waals surface area contributed by atoms with Crippen LogP contribution >= 0.6 is 0 Å². The van der Waals surface area contributed by atoms with E-state index in [2.05, 4.69) is 52.9 Å². The van der Waals surface area contributed by atoms with Crippen molar-refractivity contribution >= 4 is 72.1 Å². The summed E-state index contributed by atoms with van der Waals surface area (Å²) in [5, 5.41) is 23.1. The molecule has 3 aromatic carbocycles. The zero-order chi connectivity index (χ0) is 45.5. The summed E-state index contributed by atoms with van der Waals surface area (Å²) >= 11 is 0. The van der Waals surface area contributed by atoms with Crippen molar-refractivity contribution in [1.82, 2.24) is 49.8 Å². The van der Waals surface area contributed by atoms with Crippen LogP contribution in [0.5, 0.6) is 5.75 Å². The number of aromatic nitrogens is 8. The number of carbonyl (C=O) groups is 1. The van der Waals surface area contributed by atoms with Gasteiger partial charge in [0.2, 0.25) is 17.5 Å². The highest BCUT2D eigenvalue weighted by atomic mass is 32.2. The maximum absolute atomic E-state index is 16.3. The molecule has 4 radical (unpaired) electrons. The third-order valence-electron chi connectivity index (χ3n) is 10.9. The SMILES string of the molecule is [B]C([B])(c1cccc(S(=O)c2ccc(Nc3nc4c(OC(C)C)c(-c5cn[nH]c5)ncn4n3)c(F)c2)c1)N1CCN(c2ccc3c(NC(=O)CCNC=C)nn(C)c3c2F)CC1(C)C. The number of halogens is 2. The second-order valence-electron chi connectivity index (χ2n) is 16.3. The highest BCUT2D eigenvalue weighted by Gasteiger charge is 2.42. The maximum atomic E-state index is 16.3. The molecular formula is C43H45B2F2N13O3S. The molecule has 1 amide bonds. The molecule has 21 heteroatoms. The van der Waals surface area contributed by atoms with Crippen molar-refractivity contribution in [2.75, 3.05) is 41.7 Å². The van der Waals surface area contributed by atoms with Gasteiger partial charge in [-0.2, -0.15) is 19.7 Å². The van der Waals surface area contributed by atoms with E-state index in [-0.39, 0.29) is 46.3 Å². The molecule has 0 aliphatic carbocycles. The molecule has 4 N–H and O–H groups in total. The summed E-state index contributed by atoms with van der Waals surface area (Å²) in [7, 11) is 13.7. The molecule has 1 saturated heterocycles. The molecule has 0 bridgehead atoms. The number of aryl methyl sites for hydroxylation is 1. The molecule has 1 fully saturated rings. The van der Waals surface area contributed by atoms with Gasteiger partial charge in [0.25, 0.3) is 0 Å². The van der Waals surface area contributed by atoms with E-state index in [0.29, 0.717) is 70.4 Å². The van der Waals surface area contributed by atoms with Gasteiger partial charge in [0.15, 0.2) is 17.4 Å². The lowest BCUT2D eigenvalue weighted by atomic mass is 9.55. The number of H-pyrrole nitrogens is 1. The number of ether oxygens (including phenoxy) is 1. The van der Waals surface area contributed by atoms with Crippen molar-refractivity contribution in [2.45, 2.75) is 60.9 Å². The molecule has 7 aromatic rings. The number of anilines is 4. The van der Waals surface area contributed by atoms with Crippen molar-refractivity contribution in [1.29, 1.82) is 0 Å². The van der Waals surface area contributed by atoms with Crippen LogP contribution in [0.2, 0.25) is 0 Å². The average molecular weight is 884 g/mol. The van der Waals surface area contributed by atoms with Gasteiger partial charge >= 0.3 is 0 Å². The number of fused-ring (bicyclic) bond motifs is 2. The summed E-state index contributed by atoms with van der Waals surface area (Å²) in [6.45, 7) is 12.8. The van der Waals surface area contributed by atoms with E-state index >= 15 is 8.78 Å². The Morgan fingerprint density at radius 3 is 2.62 bits per heavy atom. The van der Waals surface area contributed by atoms with Crippen molar-refractivity contribution in [3.05, 3.63) is 103 Å². The summed E-state index contributed by atoms with van der Waals surface area (Å²) in [5.74, 6) is -0.651. The van der Waals surface area contributed by atoms with E-state index in [9.17, 15) is 9.00 Å². The largest absolute Gasteiger partial charge is 0.485 e. The second kappa shape index (κ2) is 17.5. The van der Waals surface area contributed by atoms with Crippen LogP contribution in [0.25, 0.3) is 27.8 Å². The molecule has 1 aliphatic heterocycles. The van der Waals surface area contributed by atoms with Gasteiger partial charge in [0.05, 0.1) is 50.2 Å². The maximum Gasteiger partial charge on any atom is 0.247 e. The Morgan fingerprint density at radius 2 is 1.91 bits per heavy atom. The first kappa shape index (κ1) is 44.0. The Bertz CT molecular complexity index is 2900. The minimum absolute atomic E-state index is 0.0610. The molecule has 8 rings (SSSR count). The average Bonchev–Trinajstić information content (AvgIpc) is 4.01. The first-order valence-corrected chi connectivity index (χ1v) is 21.6. The molecule has 16 nitrogen and oxygen atoms in total. The van der Waals surface area contributed by atoms with Crippen LogP contribution in [-0.4, -0.2) is 108 Å². The Kier molecular flexibility index (Phi) is 12.1. The molecule has 64 heavy (non-hydrogen) atoms. The molecule has 0 spiro atoms. The topological polar surface area (TPSA) is 176 Å². The van der Waals surface area contributed by atoms with Crippen molar-refractivity contribution in [3.63, 3.8) is 0 Å². The number of nitrogens with one attached hydrogen (secondary N) is 4. The molecule has 4 aromatic heterocycles. The Balaban J connectivity index is 0.968. The number of aromatic amines is 1. The number of rotatable bonds is 15. The van der Waals surface area contributed by atoms with E-state index in [1.807, 2.05) is 37.5 Å². The first-order valence-electron chi connectivity index (χ1n) is 20.5. The zero-order valence-corrected chi connectivity index (χ0v) is 36.7. The molecule has 0 saturated carbocycles. The number of piperazine rings is 1. The van der Waals surface area contributed by atoms with Gasteiger partial charge in [-0.05, 0) is 87.3 Å². The quantitative estimate of drug-likeness (QED) is 0.0755. The van der Waals surface area contributed by atoms with Crippen molar-refractivity contribution < 1.29 is 22.5 Å². The fourth-order valence-electron chi connectivity index (χ4n) is 7.98. The third-order valence-corrected chi connectivity index (χ3v) is 12.3. The van der Waals surface area contributed by atoms with Crippen LogP contribution in [0.1, 0.15) is 39.7 Å². The number of hydrogen-bond donors (Lipinski definition) is 4. The lowest BCUT2D eigenvalue weighted by Crippen LogP contribution is -2.66. The first-order chi connectivity index (χ1) is 30.5. The van der Waals surface area contributed by atoms with Crippen LogP contribution in [0.3, 0.4) is 0 Å². The lowest BCUT2D eigenvalue weighted by Gasteiger charge is -2.55. The number of benzene rings is 3. The summed E-state index contributed by atoms with van der Waals surface area (Å²) < 4.78 is 55.0. The molecule has 326 valence electrons. The predicted molar refractivity (Wildman–Crippen MR) is 243 cm³/mol. The van der Waals surface area contributed by atoms with Crippen LogP contribution < -0.4 is 25.6 Å². The van der Waals surface area contributed by atoms with E-state index in [4.69, 9.17) is 20.4 Å². The number of nitrogens with zero attached hydrogens (tertiary/aromatic N) is 9. The molecule has 1 unspecified atom stereocenters. The molecule has 1 aliphatic rings. The summed E-state index contributed by atoms with van der Waals surface area (Å²) in [6, 6.07) is 14.4. The van der Waals surface area contributed by atoms with Crippen molar-refractivity contribution in [2.24, 2.45) is 7.05 Å². The number of carbonyl (C=O) groups excluding carboxylic acids is 1. The summed E-state index contributed by atoms with van der Waals surface area (Å²) in [5.41, 5.74) is 2.07. The smallest absolute Gasteiger partial charge is 0.247 e. The van der Waals surface area contributed by atoms with E-state index in [1.165, 1.54) is 33.9 Å². The minimum Gasteiger partial charge on any atom is -0.485 e. The van der Waals surface area contributed by atoms with Gasteiger partial charge in [-0.3, -0.25) is 14.6 Å². The highest BCUT2D eigenvalue weighted by Crippen LogP contribution is 2.38. The van der Waals surface area contributed by atoms with E-state index in [0.717, 1.165) is 0 Å². The van der Waals surface area contributed by atoms with Crippen LogP contribution in [0, 0.1) is 11.6 Å². The van der Waals surface area contributed by atoms with Crippen molar-refractivity contribution in [3.8, 4) is 17.0 Å².